The van der Waals surface area contributed by atoms with E-state index in [0.29, 0.717) is 30.6 Å². The number of hydrogen-bond donors (Lipinski definition) is 4. The molecule has 0 spiro atoms. The molecule has 0 fully saturated rings. The molecule has 0 radical (unpaired) electrons. The number of ether oxygens (including phenoxy) is 1. The van der Waals surface area contributed by atoms with Gasteiger partial charge in [-0.15, -0.1) is 0 Å². The van der Waals surface area contributed by atoms with Gasteiger partial charge in [-0.25, -0.2) is 9.59 Å². The second-order valence-electron chi connectivity index (χ2n) is 17.3. The molecule has 0 saturated heterocycles. The maximum absolute atomic E-state index is 13.6. The van der Waals surface area contributed by atoms with E-state index in [1.807, 2.05) is 102 Å². The van der Waals surface area contributed by atoms with E-state index in [2.05, 4.69) is 131 Å². The first-order chi connectivity index (χ1) is 31.0. The maximum Gasteiger partial charge on any atom is 0.320 e. The molecule has 4 N–H and O–H groups in total. The van der Waals surface area contributed by atoms with Gasteiger partial charge in [-0.3, -0.25) is 10.2 Å². The van der Waals surface area contributed by atoms with E-state index in [0.717, 1.165) is 53.8 Å². The largest absolute Gasteiger partial charge is 0.439 e. The van der Waals surface area contributed by atoms with Crippen molar-refractivity contribution in [1.29, 1.82) is 0 Å². The normalized spacial score (nSPS) is 13.7. The molecule has 1 aromatic heterocycles. The fraction of sp³-hybridized carbons (Fsp3) is 0.235. The molecule has 0 saturated carbocycles. The van der Waals surface area contributed by atoms with Crippen molar-refractivity contribution in [3.8, 4) is 5.75 Å². The number of amides is 4. The van der Waals surface area contributed by atoms with E-state index in [1.54, 1.807) is 11.3 Å². The number of carbonyl (C=O) groups is 2. The van der Waals surface area contributed by atoms with Crippen LogP contribution in [-0.2, 0) is 6.67 Å². The molecular formula is C51H57N8O3SSi+. The lowest BCUT2D eigenvalue weighted by atomic mass is 10.1. The van der Waals surface area contributed by atoms with Crippen LogP contribution in [0.4, 0.5) is 26.7 Å². The second-order valence-corrected chi connectivity index (χ2v) is 23.9. The monoisotopic (exact) mass is 889 g/mol. The maximum atomic E-state index is 13.6. The summed E-state index contributed by atoms with van der Waals surface area (Å²) in [5, 5.41) is 17.7. The number of nitrogens with one attached hydrogen (secondary N) is 4. The van der Waals surface area contributed by atoms with Gasteiger partial charge in [0.2, 0.25) is 18.1 Å². The van der Waals surface area contributed by atoms with Crippen LogP contribution in [0.15, 0.2) is 151 Å². The lowest BCUT2D eigenvalue weighted by molar-refractivity contribution is -0.671. The van der Waals surface area contributed by atoms with Gasteiger partial charge < -0.3 is 30.5 Å². The number of urea groups is 2. The molecule has 328 valence electrons. The third-order valence-electron chi connectivity index (χ3n) is 11.8. The highest BCUT2D eigenvalue weighted by Crippen LogP contribution is 2.44. The molecule has 2 heterocycles. The Labute approximate surface area is 380 Å². The Morgan fingerprint density at radius 1 is 0.703 bits per heavy atom. The van der Waals surface area contributed by atoms with Gasteiger partial charge in [0.05, 0.1) is 39.2 Å². The van der Waals surface area contributed by atoms with Crippen molar-refractivity contribution in [1.82, 2.24) is 21.3 Å². The zero-order chi connectivity index (χ0) is 44.8. The number of rotatable bonds is 15. The van der Waals surface area contributed by atoms with Gasteiger partial charge in [-0.05, 0) is 86.2 Å². The first-order valence-corrected chi connectivity index (χ1v) is 26.2. The van der Waals surface area contributed by atoms with Gasteiger partial charge >= 0.3 is 12.1 Å². The van der Waals surface area contributed by atoms with Crippen LogP contribution in [-0.4, -0.2) is 51.8 Å². The first kappa shape index (κ1) is 43.8. The highest BCUT2D eigenvalue weighted by molar-refractivity contribution is 7.19. The molecule has 11 nitrogen and oxygen atoms in total. The molecule has 8 rings (SSSR count). The number of hydrogen-bond acceptors (Lipinski definition) is 7. The zero-order valence-electron chi connectivity index (χ0n) is 37.3. The quantitative estimate of drug-likeness (QED) is 0.0464. The lowest BCUT2D eigenvalue weighted by Crippen LogP contribution is -2.55. The van der Waals surface area contributed by atoms with E-state index in [1.165, 1.54) is 0 Å². The predicted molar refractivity (Wildman–Crippen MR) is 267 cm³/mol. The van der Waals surface area contributed by atoms with E-state index in [9.17, 15) is 9.59 Å². The Balaban J connectivity index is 1.04. The molecule has 1 aliphatic heterocycles. The third kappa shape index (κ3) is 9.70. The van der Waals surface area contributed by atoms with Crippen LogP contribution in [0.5, 0.6) is 5.75 Å². The molecule has 1 unspecified atom stereocenters. The fourth-order valence-corrected chi connectivity index (χ4v) is 10.3. The minimum Gasteiger partial charge on any atom is -0.439 e. The molecule has 7 aromatic rings. The van der Waals surface area contributed by atoms with Crippen LogP contribution in [0, 0.1) is 0 Å². The van der Waals surface area contributed by atoms with Gasteiger partial charge in [0.15, 0.2) is 5.75 Å². The highest BCUT2D eigenvalue weighted by atomic mass is 32.1. The molecule has 1 aliphatic rings. The van der Waals surface area contributed by atoms with Crippen molar-refractivity contribution >= 4 is 86.4 Å². The molecule has 13 heteroatoms. The summed E-state index contributed by atoms with van der Waals surface area (Å²) in [6.45, 7) is 14.7. The molecule has 0 aliphatic carbocycles. The first-order valence-electron chi connectivity index (χ1n) is 21.8. The van der Waals surface area contributed by atoms with Crippen molar-refractivity contribution in [3.05, 3.63) is 157 Å². The summed E-state index contributed by atoms with van der Waals surface area (Å²) in [6.07, 6.45) is 5.94. The molecule has 64 heavy (non-hydrogen) atoms. The summed E-state index contributed by atoms with van der Waals surface area (Å²) in [5.41, 5.74) is 4.34. The minimum atomic E-state index is -1.59. The van der Waals surface area contributed by atoms with Gasteiger partial charge in [0.25, 0.3) is 5.01 Å². The number of fused-ring (bicyclic) bond motifs is 6. The summed E-state index contributed by atoms with van der Waals surface area (Å²) in [7, 11) is -1.59. The average molecular weight is 890 g/mol. The number of aromatic nitrogens is 1. The van der Waals surface area contributed by atoms with Crippen molar-refractivity contribution in [2.45, 2.75) is 58.8 Å². The predicted octanol–water partition coefficient (Wildman–Crippen LogP) is 10.4. The number of benzene rings is 6. The number of carbonyl (C=O) groups excluding carboxylic acids is 2. The number of allylic oxidation sites excluding steroid dienone is 2. The number of para-hydroxylation sites is 2. The summed E-state index contributed by atoms with van der Waals surface area (Å²) < 4.78 is 9.77. The standard InChI is InChI=1S/C51H56N8O3SSi/c1-36(2)56(40-20-9-7-10-21-40)32-52-50(60)54-34-58-46(62-44-30-28-38-18-13-15-24-42(38)48(44)58)26-17-27-47-59(49-43-25-16-14-19-39(43)29-31-45(49)63-47)35-55-51(61)53-33-57(37(3)64(4,5)6)41-22-11-8-12-23-41/h7-31,36-37H,32-35H2,1-6H3,(H3-,52,53,54,55,60,61)/p+1. The van der Waals surface area contributed by atoms with Gasteiger partial charge in [0, 0.05) is 34.5 Å². The Morgan fingerprint density at radius 2 is 1.28 bits per heavy atom. The number of anilines is 3. The Kier molecular flexibility index (Phi) is 13.2. The van der Waals surface area contributed by atoms with E-state index in [4.69, 9.17) is 4.74 Å². The van der Waals surface area contributed by atoms with Crippen LogP contribution in [0.3, 0.4) is 0 Å². The second kappa shape index (κ2) is 19.3. The van der Waals surface area contributed by atoms with Crippen LogP contribution in [0.1, 0.15) is 25.8 Å². The minimum absolute atomic E-state index is 0.172. The van der Waals surface area contributed by atoms with Crippen molar-refractivity contribution in [2.24, 2.45) is 0 Å². The van der Waals surface area contributed by atoms with Gasteiger partial charge in [0.1, 0.15) is 4.70 Å². The van der Waals surface area contributed by atoms with Crippen LogP contribution in [0.2, 0.25) is 19.6 Å². The average Bonchev–Trinajstić information content (AvgIpc) is 3.85. The van der Waals surface area contributed by atoms with Crippen LogP contribution < -0.4 is 45.3 Å². The van der Waals surface area contributed by atoms with Crippen molar-refractivity contribution in [2.75, 3.05) is 34.7 Å². The Bertz CT molecular complexity index is 2820. The molecule has 4 amide bonds. The van der Waals surface area contributed by atoms with Crippen molar-refractivity contribution < 1.29 is 18.9 Å². The topological polar surface area (TPSA) is 105 Å². The molecule has 0 bridgehead atoms. The fourth-order valence-electron chi connectivity index (χ4n) is 7.99. The highest BCUT2D eigenvalue weighted by Gasteiger charge is 2.30. The molecule has 1 atom stereocenters. The van der Waals surface area contributed by atoms with Gasteiger partial charge in [-0.2, -0.15) is 4.57 Å². The molecule has 6 aromatic carbocycles. The zero-order valence-corrected chi connectivity index (χ0v) is 39.2. The van der Waals surface area contributed by atoms with Crippen LogP contribution in [0.25, 0.3) is 37.8 Å². The summed E-state index contributed by atoms with van der Waals surface area (Å²) in [5.74, 6) is 1.28. The lowest BCUT2D eigenvalue weighted by Gasteiger charge is -2.38. The Hall–Kier alpha value is -6.83. The Morgan fingerprint density at radius 3 is 1.95 bits per heavy atom. The van der Waals surface area contributed by atoms with Gasteiger partial charge in [-0.1, -0.05) is 122 Å². The number of thiazole rings is 1. The van der Waals surface area contributed by atoms with E-state index >= 15 is 0 Å². The van der Waals surface area contributed by atoms with E-state index < -0.39 is 8.07 Å². The summed E-state index contributed by atoms with van der Waals surface area (Å²) >= 11 is 1.66. The van der Waals surface area contributed by atoms with Crippen molar-refractivity contribution in [3.63, 3.8) is 0 Å². The number of nitrogens with zero attached hydrogens (tertiary/aromatic N) is 4. The third-order valence-corrected chi connectivity index (χ3v) is 15.8. The van der Waals surface area contributed by atoms with Crippen LogP contribution >= 0.6 is 11.3 Å². The summed E-state index contributed by atoms with van der Waals surface area (Å²) in [6, 6.07) is 44.8. The summed E-state index contributed by atoms with van der Waals surface area (Å²) in [4.78, 5) is 33.4. The van der Waals surface area contributed by atoms with E-state index in [-0.39, 0.29) is 31.4 Å². The SMILES string of the molecule is CC(C)N(CNC(=O)NCN1/C(=C/C=C/c2sc3ccc4ccccc4c3[n+]2CNC(=O)NCN(c2ccccc2)C(C)[Si](C)(C)C)Oc2ccc3ccccc3c21)c1ccccc1. The molecular weight excluding hydrogens is 833 g/mol. The smallest absolute Gasteiger partial charge is 0.320 e.